The van der Waals surface area contributed by atoms with Crippen LogP contribution in [0.5, 0.6) is 5.75 Å². The van der Waals surface area contributed by atoms with Gasteiger partial charge in [0.05, 0.1) is 6.20 Å². The van der Waals surface area contributed by atoms with Gasteiger partial charge in [0, 0.05) is 12.7 Å². The smallest absolute Gasteiger partial charge is 0.257 e. The zero-order chi connectivity index (χ0) is 13.5. The fraction of sp³-hybridized carbons (Fsp3) is 0.286. The number of aryl methyl sites for hydroxylation is 1. The van der Waals surface area contributed by atoms with Crippen molar-refractivity contribution in [3.63, 3.8) is 0 Å². The van der Waals surface area contributed by atoms with E-state index < -0.39 is 0 Å². The number of H-pyrrole nitrogens is 1. The van der Waals surface area contributed by atoms with Gasteiger partial charge in [-0.3, -0.25) is 9.89 Å². The summed E-state index contributed by atoms with van der Waals surface area (Å²) in [6.07, 6.45) is 4.32. The fourth-order valence-corrected chi connectivity index (χ4v) is 1.60. The molecule has 1 aromatic heterocycles. The molecule has 2 rings (SSSR count). The first-order chi connectivity index (χ1) is 9.24. The highest BCUT2D eigenvalue weighted by Crippen LogP contribution is 2.10. The second-order valence-electron chi connectivity index (χ2n) is 4.31. The van der Waals surface area contributed by atoms with Gasteiger partial charge in [-0.05, 0) is 31.0 Å². The highest BCUT2D eigenvalue weighted by molar-refractivity contribution is 5.77. The van der Waals surface area contributed by atoms with Gasteiger partial charge in [-0.1, -0.05) is 17.7 Å². The van der Waals surface area contributed by atoms with Crippen molar-refractivity contribution < 1.29 is 9.53 Å². The molecule has 0 bridgehead atoms. The Labute approximate surface area is 112 Å². The molecule has 1 heterocycles. The van der Waals surface area contributed by atoms with E-state index in [1.54, 1.807) is 6.20 Å². The molecule has 0 atom stereocenters. The maximum atomic E-state index is 11.6. The standard InChI is InChI=1S/C14H17N3O2/c1-11-2-4-13(5-3-11)19-10-14(18)15-7-6-12-8-16-17-9-12/h2-5,8-9H,6-7,10H2,1H3,(H,15,18)(H,16,17). The van der Waals surface area contributed by atoms with Crippen LogP contribution in [0.3, 0.4) is 0 Å². The lowest BCUT2D eigenvalue weighted by molar-refractivity contribution is -0.123. The van der Waals surface area contributed by atoms with Crippen molar-refractivity contribution in [2.24, 2.45) is 0 Å². The molecule has 0 aliphatic rings. The summed E-state index contributed by atoms with van der Waals surface area (Å²) in [5.41, 5.74) is 2.23. The van der Waals surface area contributed by atoms with Gasteiger partial charge in [-0.2, -0.15) is 5.10 Å². The van der Waals surface area contributed by atoms with E-state index in [9.17, 15) is 4.79 Å². The monoisotopic (exact) mass is 259 g/mol. The van der Waals surface area contributed by atoms with Crippen LogP contribution in [0.15, 0.2) is 36.7 Å². The molecule has 100 valence electrons. The third-order valence-corrected chi connectivity index (χ3v) is 2.68. The number of hydrogen-bond acceptors (Lipinski definition) is 3. The minimum absolute atomic E-state index is 0.0362. The molecule has 19 heavy (non-hydrogen) atoms. The predicted octanol–water partition coefficient (Wildman–Crippen LogP) is 1.46. The van der Waals surface area contributed by atoms with Crippen LogP contribution in [0, 0.1) is 6.92 Å². The average molecular weight is 259 g/mol. The van der Waals surface area contributed by atoms with E-state index in [0.717, 1.165) is 17.5 Å². The van der Waals surface area contributed by atoms with Crippen molar-refractivity contribution >= 4 is 5.91 Å². The maximum absolute atomic E-state index is 11.6. The normalized spacial score (nSPS) is 10.2. The third kappa shape index (κ3) is 4.46. The molecular weight excluding hydrogens is 242 g/mol. The van der Waals surface area contributed by atoms with Gasteiger partial charge in [0.25, 0.3) is 5.91 Å². The Balaban J connectivity index is 1.65. The Morgan fingerprint density at radius 1 is 1.37 bits per heavy atom. The number of hydrogen-bond donors (Lipinski definition) is 2. The summed E-state index contributed by atoms with van der Waals surface area (Å²) in [6.45, 7) is 2.62. The Morgan fingerprint density at radius 2 is 2.16 bits per heavy atom. The first kappa shape index (κ1) is 13.1. The number of nitrogens with zero attached hydrogens (tertiary/aromatic N) is 1. The molecule has 0 spiro atoms. The minimum atomic E-state index is -0.121. The Morgan fingerprint density at radius 3 is 2.84 bits per heavy atom. The van der Waals surface area contributed by atoms with E-state index in [1.165, 1.54) is 0 Å². The van der Waals surface area contributed by atoms with Crippen molar-refractivity contribution in [3.8, 4) is 5.75 Å². The highest BCUT2D eigenvalue weighted by Gasteiger charge is 2.02. The van der Waals surface area contributed by atoms with Crippen LogP contribution in [-0.4, -0.2) is 29.3 Å². The highest BCUT2D eigenvalue weighted by atomic mass is 16.5. The molecule has 0 fully saturated rings. The summed E-state index contributed by atoms with van der Waals surface area (Å²) >= 11 is 0. The molecule has 5 heteroatoms. The predicted molar refractivity (Wildman–Crippen MR) is 72.0 cm³/mol. The molecule has 0 radical (unpaired) electrons. The second kappa shape index (κ2) is 6.58. The number of carbonyl (C=O) groups excluding carboxylic acids is 1. The number of benzene rings is 1. The van der Waals surface area contributed by atoms with Crippen LogP contribution in [0.25, 0.3) is 0 Å². The van der Waals surface area contributed by atoms with E-state index >= 15 is 0 Å². The van der Waals surface area contributed by atoms with Gasteiger partial charge in [0.1, 0.15) is 5.75 Å². The quantitative estimate of drug-likeness (QED) is 0.825. The molecule has 0 saturated carbocycles. The molecule has 0 unspecified atom stereocenters. The van der Waals surface area contributed by atoms with Gasteiger partial charge in [-0.15, -0.1) is 0 Å². The molecular formula is C14H17N3O2. The summed E-state index contributed by atoms with van der Waals surface area (Å²) < 4.78 is 5.38. The number of amides is 1. The summed E-state index contributed by atoms with van der Waals surface area (Å²) in [4.78, 5) is 11.6. The topological polar surface area (TPSA) is 67.0 Å². The first-order valence-corrected chi connectivity index (χ1v) is 6.18. The molecule has 2 aromatic rings. The number of nitrogens with one attached hydrogen (secondary N) is 2. The van der Waals surface area contributed by atoms with Crippen LogP contribution in [0.1, 0.15) is 11.1 Å². The minimum Gasteiger partial charge on any atom is -0.484 e. The van der Waals surface area contributed by atoms with Gasteiger partial charge in [-0.25, -0.2) is 0 Å². The van der Waals surface area contributed by atoms with Crippen LogP contribution >= 0.6 is 0 Å². The van der Waals surface area contributed by atoms with E-state index in [2.05, 4.69) is 15.5 Å². The van der Waals surface area contributed by atoms with Gasteiger partial charge in [0.2, 0.25) is 0 Å². The lowest BCUT2D eigenvalue weighted by atomic mass is 10.2. The zero-order valence-corrected chi connectivity index (χ0v) is 10.8. The number of rotatable bonds is 6. The second-order valence-corrected chi connectivity index (χ2v) is 4.31. The first-order valence-electron chi connectivity index (χ1n) is 6.18. The largest absolute Gasteiger partial charge is 0.484 e. The maximum Gasteiger partial charge on any atom is 0.257 e. The van der Waals surface area contributed by atoms with Gasteiger partial charge in [0.15, 0.2) is 6.61 Å². The van der Waals surface area contributed by atoms with Gasteiger partial charge >= 0.3 is 0 Å². The number of ether oxygens (including phenoxy) is 1. The van der Waals surface area contributed by atoms with Crippen LogP contribution in [0.4, 0.5) is 0 Å². The molecule has 5 nitrogen and oxygen atoms in total. The summed E-state index contributed by atoms with van der Waals surface area (Å²) in [5.74, 6) is 0.583. The van der Waals surface area contributed by atoms with Crippen molar-refractivity contribution in [1.82, 2.24) is 15.5 Å². The molecule has 0 aliphatic heterocycles. The summed E-state index contributed by atoms with van der Waals surface area (Å²) in [6, 6.07) is 7.61. The molecule has 0 saturated heterocycles. The Hall–Kier alpha value is -2.30. The van der Waals surface area contributed by atoms with Gasteiger partial charge < -0.3 is 10.1 Å². The Kier molecular flexibility index (Phi) is 4.55. The number of aromatic nitrogens is 2. The lowest BCUT2D eigenvalue weighted by Gasteiger charge is -2.07. The molecule has 2 N–H and O–H groups in total. The van der Waals surface area contributed by atoms with Crippen LogP contribution in [0.2, 0.25) is 0 Å². The SMILES string of the molecule is Cc1ccc(OCC(=O)NCCc2cn[nH]c2)cc1. The summed E-state index contributed by atoms with van der Waals surface area (Å²) in [7, 11) is 0. The number of carbonyl (C=O) groups is 1. The molecule has 0 aliphatic carbocycles. The van der Waals surface area contributed by atoms with Crippen molar-refractivity contribution in [1.29, 1.82) is 0 Å². The van der Waals surface area contributed by atoms with E-state index in [-0.39, 0.29) is 12.5 Å². The average Bonchev–Trinajstić information content (AvgIpc) is 2.91. The third-order valence-electron chi connectivity index (χ3n) is 2.68. The van der Waals surface area contributed by atoms with Crippen LogP contribution < -0.4 is 10.1 Å². The zero-order valence-electron chi connectivity index (χ0n) is 10.8. The number of aromatic amines is 1. The van der Waals surface area contributed by atoms with E-state index in [4.69, 9.17) is 4.74 Å². The van der Waals surface area contributed by atoms with Crippen molar-refractivity contribution in [3.05, 3.63) is 47.8 Å². The fourth-order valence-electron chi connectivity index (χ4n) is 1.60. The van der Waals surface area contributed by atoms with E-state index in [0.29, 0.717) is 12.3 Å². The van der Waals surface area contributed by atoms with Crippen molar-refractivity contribution in [2.75, 3.05) is 13.2 Å². The lowest BCUT2D eigenvalue weighted by Crippen LogP contribution is -2.30. The summed E-state index contributed by atoms with van der Waals surface area (Å²) in [5, 5.41) is 9.37. The molecule has 1 amide bonds. The van der Waals surface area contributed by atoms with E-state index in [1.807, 2.05) is 37.4 Å². The molecule has 1 aromatic carbocycles. The Bertz CT molecular complexity index is 506. The van der Waals surface area contributed by atoms with Crippen molar-refractivity contribution in [2.45, 2.75) is 13.3 Å². The van der Waals surface area contributed by atoms with Crippen LogP contribution in [-0.2, 0) is 11.2 Å².